The lowest BCUT2D eigenvalue weighted by molar-refractivity contribution is 0.412. The van der Waals surface area contributed by atoms with Gasteiger partial charge in [0.05, 0.1) is 19.9 Å². The minimum absolute atomic E-state index is 0.220. The molecule has 0 fully saturated rings. The van der Waals surface area contributed by atoms with E-state index in [9.17, 15) is 8.78 Å². The quantitative estimate of drug-likeness (QED) is 0.490. The van der Waals surface area contributed by atoms with Gasteiger partial charge < -0.3 is 9.47 Å². The molecule has 0 radical (unpaired) electrons. The summed E-state index contributed by atoms with van der Waals surface area (Å²) in [5.41, 5.74) is 0.718. The highest BCUT2D eigenvalue weighted by Crippen LogP contribution is 2.48. The number of ether oxygens (including phenoxy) is 2. The third-order valence-electron chi connectivity index (χ3n) is 3.88. The second-order valence-corrected chi connectivity index (χ2v) is 6.22. The second kappa shape index (κ2) is 7.74. The van der Waals surface area contributed by atoms with Crippen molar-refractivity contribution in [3.8, 4) is 11.5 Å². The van der Waals surface area contributed by atoms with E-state index in [0.717, 1.165) is 0 Å². The molecule has 0 saturated carbocycles. The summed E-state index contributed by atoms with van der Waals surface area (Å²) in [6.07, 6.45) is 0. The normalized spacial score (nSPS) is 10.5. The van der Waals surface area contributed by atoms with Gasteiger partial charge in [0, 0.05) is 4.47 Å². The van der Waals surface area contributed by atoms with E-state index in [2.05, 4.69) is 15.9 Å². The highest BCUT2D eigenvalue weighted by molar-refractivity contribution is 9.10. The third-order valence-corrected chi connectivity index (χ3v) is 4.52. The lowest BCUT2D eigenvalue weighted by Gasteiger charge is -2.29. The number of benzene rings is 3. The Morgan fingerprint density at radius 2 is 1.31 bits per heavy atom. The van der Waals surface area contributed by atoms with Gasteiger partial charge in [-0.25, -0.2) is 8.78 Å². The highest BCUT2D eigenvalue weighted by Gasteiger charge is 2.27. The van der Waals surface area contributed by atoms with Crippen LogP contribution in [0.4, 0.5) is 25.8 Å². The molecule has 134 valence electrons. The van der Waals surface area contributed by atoms with E-state index < -0.39 is 11.6 Å². The SMILES string of the molecule is COc1ccccc1N(c1c(F)cccc1F)c1c(Br)cccc1OC. The van der Waals surface area contributed by atoms with Crippen molar-refractivity contribution < 1.29 is 18.3 Å². The number of halogens is 3. The molecule has 0 amide bonds. The summed E-state index contributed by atoms with van der Waals surface area (Å²) in [4.78, 5) is 1.45. The van der Waals surface area contributed by atoms with Crippen molar-refractivity contribution in [2.45, 2.75) is 0 Å². The first-order valence-electron chi connectivity index (χ1n) is 7.78. The minimum atomic E-state index is -0.700. The summed E-state index contributed by atoms with van der Waals surface area (Å²) >= 11 is 3.47. The van der Waals surface area contributed by atoms with Crippen LogP contribution in [-0.2, 0) is 0 Å². The first-order chi connectivity index (χ1) is 12.6. The fourth-order valence-corrected chi connectivity index (χ4v) is 3.27. The first-order valence-corrected chi connectivity index (χ1v) is 8.57. The second-order valence-electron chi connectivity index (χ2n) is 5.37. The van der Waals surface area contributed by atoms with Crippen LogP contribution in [0.5, 0.6) is 11.5 Å². The molecule has 3 nitrogen and oxygen atoms in total. The topological polar surface area (TPSA) is 21.7 Å². The Balaban J connectivity index is 2.39. The number of methoxy groups -OCH3 is 2. The Hall–Kier alpha value is -2.60. The maximum atomic E-state index is 14.7. The maximum absolute atomic E-state index is 14.7. The van der Waals surface area contributed by atoms with Crippen LogP contribution in [0.1, 0.15) is 0 Å². The standard InChI is InChI=1S/C20H16BrF2NO2/c1-25-17-11-4-3-10-16(17)24(20-14(22)8-6-9-15(20)23)19-13(21)7-5-12-18(19)26-2/h3-12H,1-2H3. The smallest absolute Gasteiger partial charge is 0.150 e. The zero-order valence-corrected chi connectivity index (χ0v) is 15.8. The molecule has 26 heavy (non-hydrogen) atoms. The Morgan fingerprint density at radius 1 is 0.731 bits per heavy atom. The van der Waals surface area contributed by atoms with E-state index >= 15 is 0 Å². The van der Waals surface area contributed by atoms with Crippen molar-refractivity contribution >= 4 is 33.0 Å². The van der Waals surface area contributed by atoms with Crippen molar-refractivity contribution in [1.29, 1.82) is 0 Å². The van der Waals surface area contributed by atoms with Crippen molar-refractivity contribution in [3.05, 3.63) is 76.8 Å². The number of anilines is 3. The van der Waals surface area contributed by atoms with Crippen LogP contribution in [0.25, 0.3) is 0 Å². The molecule has 0 aliphatic heterocycles. The molecular formula is C20H16BrF2NO2. The van der Waals surface area contributed by atoms with E-state index in [4.69, 9.17) is 9.47 Å². The fraction of sp³-hybridized carbons (Fsp3) is 0.100. The monoisotopic (exact) mass is 419 g/mol. The number of para-hydroxylation sites is 4. The van der Waals surface area contributed by atoms with Crippen LogP contribution in [-0.4, -0.2) is 14.2 Å². The van der Waals surface area contributed by atoms with Crippen LogP contribution in [0.2, 0.25) is 0 Å². The molecule has 0 bridgehead atoms. The lowest BCUT2D eigenvalue weighted by Crippen LogP contribution is -2.16. The van der Waals surface area contributed by atoms with Crippen LogP contribution in [0.3, 0.4) is 0 Å². The average molecular weight is 420 g/mol. The number of hydrogen-bond donors (Lipinski definition) is 0. The maximum Gasteiger partial charge on any atom is 0.150 e. The van der Waals surface area contributed by atoms with Gasteiger partial charge in [-0.05, 0) is 52.3 Å². The zero-order valence-electron chi connectivity index (χ0n) is 14.2. The molecule has 3 aromatic rings. The Morgan fingerprint density at radius 3 is 1.96 bits per heavy atom. The molecule has 0 aliphatic rings. The zero-order chi connectivity index (χ0) is 18.7. The Bertz CT molecular complexity index is 913. The van der Waals surface area contributed by atoms with Crippen molar-refractivity contribution in [1.82, 2.24) is 0 Å². The summed E-state index contributed by atoms with van der Waals surface area (Å²) < 4.78 is 40.9. The Labute approximate surface area is 158 Å². The molecule has 0 saturated heterocycles. The average Bonchev–Trinajstić information content (AvgIpc) is 2.65. The molecule has 0 aromatic heterocycles. The predicted molar refractivity (Wildman–Crippen MR) is 102 cm³/mol. The van der Waals surface area contributed by atoms with Gasteiger partial charge in [0.1, 0.15) is 34.5 Å². The van der Waals surface area contributed by atoms with Crippen LogP contribution in [0, 0.1) is 11.6 Å². The van der Waals surface area contributed by atoms with E-state index in [1.54, 1.807) is 42.5 Å². The molecule has 6 heteroatoms. The number of nitrogens with zero attached hydrogens (tertiary/aromatic N) is 1. The van der Waals surface area contributed by atoms with E-state index in [1.165, 1.54) is 37.3 Å². The van der Waals surface area contributed by atoms with E-state index in [-0.39, 0.29) is 5.69 Å². The van der Waals surface area contributed by atoms with E-state index in [1.807, 2.05) is 0 Å². The van der Waals surface area contributed by atoms with Crippen LogP contribution >= 0.6 is 15.9 Å². The van der Waals surface area contributed by atoms with Gasteiger partial charge in [-0.2, -0.15) is 0 Å². The largest absolute Gasteiger partial charge is 0.495 e. The summed E-state index contributed by atoms with van der Waals surface area (Å²) in [7, 11) is 3.01. The molecule has 0 heterocycles. The summed E-state index contributed by atoms with van der Waals surface area (Å²) in [6, 6.07) is 16.0. The number of rotatable bonds is 5. The molecule has 0 spiro atoms. The van der Waals surface area contributed by atoms with Crippen molar-refractivity contribution in [2.24, 2.45) is 0 Å². The molecule has 0 N–H and O–H groups in total. The van der Waals surface area contributed by atoms with Crippen LogP contribution < -0.4 is 14.4 Å². The van der Waals surface area contributed by atoms with Gasteiger partial charge in [0.15, 0.2) is 0 Å². The summed E-state index contributed by atoms with van der Waals surface area (Å²) in [5, 5.41) is 0. The van der Waals surface area contributed by atoms with Crippen LogP contribution in [0.15, 0.2) is 65.1 Å². The molecule has 3 rings (SSSR count). The summed E-state index contributed by atoms with van der Waals surface area (Å²) in [6.45, 7) is 0. The van der Waals surface area contributed by atoms with Gasteiger partial charge >= 0.3 is 0 Å². The van der Waals surface area contributed by atoms with Crippen molar-refractivity contribution in [3.63, 3.8) is 0 Å². The first kappa shape index (κ1) is 18.2. The number of hydrogen-bond acceptors (Lipinski definition) is 3. The fourth-order valence-electron chi connectivity index (χ4n) is 2.75. The van der Waals surface area contributed by atoms with Gasteiger partial charge in [0.2, 0.25) is 0 Å². The molecular weight excluding hydrogens is 404 g/mol. The molecule has 0 atom stereocenters. The van der Waals surface area contributed by atoms with Crippen molar-refractivity contribution in [2.75, 3.05) is 19.1 Å². The van der Waals surface area contributed by atoms with Gasteiger partial charge in [-0.3, -0.25) is 4.90 Å². The molecule has 0 aliphatic carbocycles. The molecule has 0 unspecified atom stereocenters. The van der Waals surface area contributed by atoms with Gasteiger partial charge in [-0.15, -0.1) is 0 Å². The minimum Gasteiger partial charge on any atom is -0.495 e. The predicted octanol–water partition coefficient (Wildman–Crippen LogP) is 6.21. The van der Waals surface area contributed by atoms with Gasteiger partial charge in [-0.1, -0.05) is 24.3 Å². The summed E-state index contributed by atoms with van der Waals surface area (Å²) in [5.74, 6) is -0.483. The molecule has 3 aromatic carbocycles. The highest BCUT2D eigenvalue weighted by atomic mass is 79.9. The Kier molecular flexibility index (Phi) is 5.42. The lowest BCUT2D eigenvalue weighted by atomic mass is 10.1. The van der Waals surface area contributed by atoms with Gasteiger partial charge in [0.25, 0.3) is 0 Å². The van der Waals surface area contributed by atoms with E-state index in [0.29, 0.717) is 27.3 Å². The third kappa shape index (κ3) is 3.24.